The minimum atomic E-state index is -0.262. The van der Waals surface area contributed by atoms with E-state index < -0.39 is 0 Å². The average Bonchev–Trinajstić information content (AvgIpc) is 2.74. The first-order valence-corrected chi connectivity index (χ1v) is 13.9. The van der Waals surface area contributed by atoms with Gasteiger partial charge in [0.2, 0.25) is 0 Å². The highest BCUT2D eigenvalue weighted by atomic mass is 16.5. The van der Waals surface area contributed by atoms with Crippen LogP contribution in [0.15, 0.2) is 0 Å². The Bertz CT molecular complexity index is 810. The van der Waals surface area contributed by atoms with E-state index in [0.717, 1.165) is 65.2 Å². The van der Waals surface area contributed by atoms with Crippen molar-refractivity contribution in [1.29, 1.82) is 0 Å². The summed E-state index contributed by atoms with van der Waals surface area (Å²) in [6.45, 7) is 19.5. The number of carbonyl (C=O) groups excluding carboxylic acids is 1. The van der Waals surface area contributed by atoms with Gasteiger partial charge in [-0.15, -0.1) is 0 Å². The molecule has 3 nitrogen and oxygen atoms in total. The summed E-state index contributed by atoms with van der Waals surface area (Å²) in [6.07, 6.45) is 13.9. The largest absolute Gasteiger partial charge is 0.487 e. The van der Waals surface area contributed by atoms with E-state index >= 15 is 0 Å². The Balaban J connectivity index is 1.82. The number of benzene rings is 1. The van der Waals surface area contributed by atoms with E-state index in [-0.39, 0.29) is 11.6 Å². The zero-order valence-corrected chi connectivity index (χ0v) is 23.7. The molecule has 3 atom stereocenters. The van der Waals surface area contributed by atoms with Crippen LogP contribution >= 0.6 is 0 Å². The maximum Gasteiger partial charge on any atom is 0.308 e. The Morgan fingerprint density at radius 1 is 0.882 bits per heavy atom. The molecule has 0 N–H and O–H groups in total. The van der Waals surface area contributed by atoms with Crippen molar-refractivity contribution >= 4 is 5.97 Å². The van der Waals surface area contributed by atoms with Gasteiger partial charge in [-0.1, -0.05) is 72.6 Å². The van der Waals surface area contributed by atoms with Crippen LogP contribution in [0.4, 0.5) is 0 Å². The molecule has 0 spiro atoms. The zero-order chi connectivity index (χ0) is 25.5. The van der Waals surface area contributed by atoms with E-state index in [9.17, 15) is 4.79 Å². The molecule has 0 bridgehead atoms. The molecule has 1 heterocycles. The summed E-state index contributed by atoms with van der Waals surface area (Å²) in [5.74, 6) is 3.99. The maximum atomic E-state index is 11.6. The van der Waals surface area contributed by atoms with Crippen molar-refractivity contribution in [3.63, 3.8) is 0 Å². The molecule has 1 aliphatic heterocycles. The van der Waals surface area contributed by atoms with Crippen molar-refractivity contribution in [2.75, 3.05) is 0 Å². The van der Waals surface area contributed by atoms with Crippen LogP contribution in [-0.4, -0.2) is 11.6 Å². The van der Waals surface area contributed by atoms with Gasteiger partial charge in [0.1, 0.15) is 17.1 Å². The molecule has 0 amide bonds. The van der Waals surface area contributed by atoms with Crippen molar-refractivity contribution in [3.8, 4) is 11.5 Å². The topological polar surface area (TPSA) is 35.5 Å². The first-order chi connectivity index (χ1) is 15.9. The van der Waals surface area contributed by atoms with Gasteiger partial charge in [-0.05, 0) is 87.8 Å². The zero-order valence-electron chi connectivity index (χ0n) is 23.7. The molecule has 0 saturated heterocycles. The van der Waals surface area contributed by atoms with Gasteiger partial charge in [-0.25, -0.2) is 0 Å². The number of carbonyl (C=O) groups is 1. The van der Waals surface area contributed by atoms with Gasteiger partial charge in [0, 0.05) is 12.5 Å². The summed E-state index contributed by atoms with van der Waals surface area (Å²) in [4.78, 5) is 11.6. The molecule has 0 fully saturated rings. The normalized spacial score (nSPS) is 19.5. The highest BCUT2D eigenvalue weighted by Gasteiger charge is 2.34. The van der Waals surface area contributed by atoms with Gasteiger partial charge in [0.15, 0.2) is 0 Å². The third kappa shape index (κ3) is 8.31. The molecule has 0 aliphatic carbocycles. The van der Waals surface area contributed by atoms with E-state index in [0.29, 0.717) is 0 Å². The molecule has 1 aromatic carbocycles. The molecule has 0 radical (unpaired) electrons. The molecule has 1 aromatic rings. The highest BCUT2D eigenvalue weighted by molar-refractivity contribution is 5.72. The van der Waals surface area contributed by atoms with Crippen LogP contribution in [-0.2, 0) is 11.2 Å². The van der Waals surface area contributed by atoms with Crippen LogP contribution in [0.1, 0.15) is 128 Å². The molecule has 0 aromatic heterocycles. The minimum absolute atomic E-state index is 0.107. The van der Waals surface area contributed by atoms with Crippen LogP contribution in [0, 0.1) is 38.5 Å². The van der Waals surface area contributed by atoms with Crippen molar-refractivity contribution < 1.29 is 14.3 Å². The number of ether oxygens (including phenoxy) is 2. The summed E-state index contributed by atoms with van der Waals surface area (Å²) in [7, 11) is 0. The number of hydrogen-bond acceptors (Lipinski definition) is 3. The smallest absolute Gasteiger partial charge is 0.308 e. The molecule has 2 rings (SSSR count). The van der Waals surface area contributed by atoms with Gasteiger partial charge in [0.05, 0.1) is 0 Å². The predicted octanol–water partition coefficient (Wildman–Crippen LogP) is 9.06. The fourth-order valence-electron chi connectivity index (χ4n) is 5.56. The van der Waals surface area contributed by atoms with Crippen molar-refractivity contribution in [1.82, 2.24) is 0 Å². The summed E-state index contributed by atoms with van der Waals surface area (Å²) >= 11 is 0. The Kier molecular flexibility index (Phi) is 11.0. The summed E-state index contributed by atoms with van der Waals surface area (Å²) < 4.78 is 12.2. The van der Waals surface area contributed by atoms with Gasteiger partial charge in [-0.2, -0.15) is 0 Å². The van der Waals surface area contributed by atoms with E-state index in [1.165, 1.54) is 63.9 Å². The van der Waals surface area contributed by atoms with Gasteiger partial charge < -0.3 is 9.47 Å². The Labute approximate surface area is 210 Å². The molecular weight excluding hydrogens is 420 g/mol. The fraction of sp³-hybridized carbons (Fsp3) is 0.774. The second-order valence-corrected chi connectivity index (χ2v) is 12.0. The van der Waals surface area contributed by atoms with Gasteiger partial charge >= 0.3 is 5.97 Å². The van der Waals surface area contributed by atoms with Crippen LogP contribution in [0.2, 0.25) is 0 Å². The molecule has 194 valence electrons. The van der Waals surface area contributed by atoms with Gasteiger partial charge in [0.25, 0.3) is 0 Å². The molecular formula is C31H52O3. The Morgan fingerprint density at radius 2 is 1.44 bits per heavy atom. The van der Waals surface area contributed by atoms with Crippen molar-refractivity contribution in [2.45, 2.75) is 139 Å². The first-order valence-electron chi connectivity index (χ1n) is 13.9. The monoisotopic (exact) mass is 472 g/mol. The van der Waals surface area contributed by atoms with Crippen LogP contribution < -0.4 is 9.47 Å². The van der Waals surface area contributed by atoms with E-state index in [1.807, 2.05) is 6.92 Å². The highest BCUT2D eigenvalue weighted by Crippen LogP contribution is 2.45. The lowest BCUT2D eigenvalue weighted by Gasteiger charge is -2.38. The van der Waals surface area contributed by atoms with E-state index in [1.54, 1.807) is 0 Å². The maximum absolute atomic E-state index is 11.6. The number of esters is 1. The standard InChI is InChI=1S/C31H52O3/c1-21(2)13-10-14-22(3)15-11-16-23(4)17-12-19-31(9)20-18-28-26(7)29(33-27(8)32)24(5)25(6)30(28)34-31/h21-23H,10-20H2,1-9H3/t22-,23-,31?/m0/s1. The lowest BCUT2D eigenvalue weighted by Crippen LogP contribution is -2.37. The third-order valence-corrected chi connectivity index (χ3v) is 8.08. The minimum Gasteiger partial charge on any atom is -0.487 e. The average molecular weight is 473 g/mol. The van der Waals surface area contributed by atoms with Crippen LogP contribution in [0.25, 0.3) is 0 Å². The summed E-state index contributed by atoms with van der Waals surface area (Å²) in [6, 6.07) is 0. The molecule has 1 unspecified atom stereocenters. The SMILES string of the molecule is CC(=O)Oc1c(C)c(C)c2c(c1C)CCC(C)(CCC[C@@H](C)CCC[C@@H](C)CCCC(C)C)O2. The lowest BCUT2D eigenvalue weighted by molar-refractivity contribution is -0.132. The van der Waals surface area contributed by atoms with Crippen LogP contribution in [0.5, 0.6) is 11.5 Å². The number of hydrogen-bond donors (Lipinski definition) is 0. The first kappa shape index (κ1) is 28.7. The third-order valence-electron chi connectivity index (χ3n) is 8.08. The van der Waals surface area contributed by atoms with Crippen molar-refractivity contribution in [3.05, 3.63) is 22.3 Å². The fourth-order valence-corrected chi connectivity index (χ4v) is 5.56. The molecule has 34 heavy (non-hydrogen) atoms. The predicted molar refractivity (Wildman–Crippen MR) is 144 cm³/mol. The lowest BCUT2D eigenvalue weighted by atomic mass is 9.83. The molecule has 0 saturated carbocycles. The van der Waals surface area contributed by atoms with Gasteiger partial charge in [-0.3, -0.25) is 4.79 Å². The Morgan fingerprint density at radius 3 is 2.00 bits per heavy atom. The number of rotatable bonds is 13. The molecule has 3 heteroatoms. The summed E-state index contributed by atoms with van der Waals surface area (Å²) in [5.41, 5.74) is 4.29. The van der Waals surface area contributed by atoms with Crippen molar-refractivity contribution in [2.24, 2.45) is 17.8 Å². The second-order valence-electron chi connectivity index (χ2n) is 12.0. The quantitative estimate of drug-likeness (QED) is 0.212. The van der Waals surface area contributed by atoms with E-state index in [4.69, 9.17) is 9.47 Å². The van der Waals surface area contributed by atoms with Crippen LogP contribution in [0.3, 0.4) is 0 Å². The number of fused-ring (bicyclic) bond motifs is 1. The Hall–Kier alpha value is -1.51. The molecule has 1 aliphatic rings. The summed E-state index contributed by atoms with van der Waals surface area (Å²) in [5, 5.41) is 0. The second kappa shape index (κ2) is 13.0. The van der Waals surface area contributed by atoms with E-state index in [2.05, 4.69) is 48.5 Å².